The maximum atomic E-state index is 11.3. The van der Waals surface area contributed by atoms with Gasteiger partial charge in [0.25, 0.3) is 0 Å². The summed E-state index contributed by atoms with van der Waals surface area (Å²) in [7, 11) is 0. The average Bonchev–Trinajstić information content (AvgIpc) is 2.36. The molecule has 0 aromatic heterocycles. The predicted octanol–water partition coefficient (Wildman–Crippen LogP) is 3.16. The van der Waals surface area contributed by atoms with Crippen LogP contribution in [0.5, 0.6) is 5.75 Å². The molecule has 1 aromatic carbocycles. The van der Waals surface area contributed by atoms with Gasteiger partial charge in [0.05, 0.1) is 12.2 Å². The van der Waals surface area contributed by atoms with Crippen LogP contribution in [0.1, 0.15) is 51.7 Å². The fourth-order valence-electron chi connectivity index (χ4n) is 3.04. The van der Waals surface area contributed by atoms with Gasteiger partial charge in [-0.1, -0.05) is 26.0 Å². The minimum Gasteiger partial charge on any atom is -0.508 e. The number of rotatable bonds is 4. The fourth-order valence-corrected chi connectivity index (χ4v) is 3.04. The lowest BCUT2D eigenvalue weighted by atomic mass is 9.90. The predicted molar refractivity (Wildman–Crippen MR) is 82.0 cm³/mol. The maximum Gasteiger partial charge on any atom is 0.217 e. The van der Waals surface area contributed by atoms with Crippen molar-refractivity contribution in [2.45, 2.75) is 58.3 Å². The summed E-state index contributed by atoms with van der Waals surface area (Å²) in [5.74, 6) is 0.800. The summed E-state index contributed by atoms with van der Waals surface area (Å²) < 4.78 is 6.19. The molecule has 1 fully saturated rings. The SMILES string of the molecule is CC(=O)N[C@H]1C[C@@H](CC(C)C)O[C@@H](c2cccc(O)c2)C1. The second-order valence-electron chi connectivity index (χ2n) is 6.34. The van der Waals surface area contributed by atoms with Crippen molar-refractivity contribution in [1.29, 1.82) is 0 Å². The Hall–Kier alpha value is -1.55. The number of carbonyl (C=O) groups excluding carboxylic acids is 1. The molecule has 2 rings (SSSR count). The van der Waals surface area contributed by atoms with E-state index in [2.05, 4.69) is 19.2 Å². The Bertz CT molecular complexity index is 487. The lowest BCUT2D eigenvalue weighted by Gasteiger charge is -2.36. The fraction of sp³-hybridized carbons (Fsp3) is 0.588. The van der Waals surface area contributed by atoms with Crippen molar-refractivity contribution < 1.29 is 14.6 Å². The van der Waals surface area contributed by atoms with Gasteiger partial charge in [-0.15, -0.1) is 0 Å². The van der Waals surface area contributed by atoms with E-state index in [1.54, 1.807) is 19.1 Å². The number of phenols is 1. The van der Waals surface area contributed by atoms with Crippen molar-refractivity contribution in [2.24, 2.45) is 5.92 Å². The maximum absolute atomic E-state index is 11.3. The summed E-state index contributed by atoms with van der Waals surface area (Å²) >= 11 is 0. The van der Waals surface area contributed by atoms with Crippen molar-refractivity contribution >= 4 is 5.91 Å². The number of nitrogens with one attached hydrogen (secondary N) is 1. The molecular weight excluding hydrogens is 266 g/mol. The Morgan fingerprint density at radius 1 is 1.43 bits per heavy atom. The van der Waals surface area contributed by atoms with Gasteiger partial charge in [-0.25, -0.2) is 0 Å². The van der Waals surface area contributed by atoms with E-state index in [9.17, 15) is 9.90 Å². The van der Waals surface area contributed by atoms with E-state index in [-0.39, 0.29) is 29.9 Å². The molecule has 1 aromatic rings. The Morgan fingerprint density at radius 2 is 2.19 bits per heavy atom. The molecule has 2 N–H and O–H groups in total. The van der Waals surface area contributed by atoms with E-state index in [0.29, 0.717) is 5.92 Å². The van der Waals surface area contributed by atoms with Gasteiger partial charge < -0.3 is 15.2 Å². The highest BCUT2D eigenvalue weighted by atomic mass is 16.5. The number of ether oxygens (including phenoxy) is 1. The van der Waals surface area contributed by atoms with E-state index in [4.69, 9.17) is 4.74 Å². The quantitative estimate of drug-likeness (QED) is 0.896. The number of aromatic hydroxyl groups is 1. The highest BCUT2D eigenvalue weighted by Gasteiger charge is 2.31. The number of carbonyl (C=O) groups is 1. The Morgan fingerprint density at radius 3 is 2.81 bits per heavy atom. The van der Waals surface area contributed by atoms with Crippen LogP contribution in [0.2, 0.25) is 0 Å². The number of benzene rings is 1. The van der Waals surface area contributed by atoms with Gasteiger partial charge in [-0.05, 0) is 42.9 Å². The van der Waals surface area contributed by atoms with Crippen LogP contribution in [0.4, 0.5) is 0 Å². The zero-order valence-corrected chi connectivity index (χ0v) is 13.0. The summed E-state index contributed by atoms with van der Waals surface area (Å²) in [5, 5.41) is 12.7. The van der Waals surface area contributed by atoms with Crippen LogP contribution in [0.25, 0.3) is 0 Å². The molecule has 1 aliphatic heterocycles. The van der Waals surface area contributed by atoms with E-state index in [1.165, 1.54) is 0 Å². The molecular formula is C17H25NO3. The summed E-state index contributed by atoms with van der Waals surface area (Å²) in [6, 6.07) is 7.32. The third-order valence-electron chi connectivity index (χ3n) is 3.79. The normalized spacial score (nSPS) is 25.8. The molecule has 4 heteroatoms. The van der Waals surface area contributed by atoms with Crippen LogP contribution in [0, 0.1) is 5.92 Å². The number of hydrogen-bond donors (Lipinski definition) is 2. The molecule has 0 aliphatic carbocycles. The first-order valence-corrected chi connectivity index (χ1v) is 7.65. The molecule has 1 amide bonds. The highest BCUT2D eigenvalue weighted by molar-refractivity contribution is 5.73. The minimum atomic E-state index is -0.0774. The number of amides is 1. The molecule has 21 heavy (non-hydrogen) atoms. The standard InChI is InChI=1S/C17H25NO3/c1-11(2)7-16-9-14(18-12(3)19)10-17(21-16)13-5-4-6-15(20)8-13/h4-6,8,11,14,16-17,20H,7,9-10H2,1-3H3,(H,18,19)/t14-,16+,17+/m0/s1. The molecule has 3 atom stereocenters. The van der Waals surface area contributed by atoms with Gasteiger partial charge in [0, 0.05) is 13.0 Å². The van der Waals surface area contributed by atoms with Gasteiger partial charge >= 0.3 is 0 Å². The summed E-state index contributed by atoms with van der Waals surface area (Å²) in [6.07, 6.45) is 2.64. The summed E-state index contributed by atoms with van der Waals surface area (Å²) in [4.78, 5) is 11.3. The first kappa shape index (κ1) is 15.8. The second kappa shape index (κ2) is 6.94. The smallest absolute Gasteiger partial charge is 0.217 e. The van der Waals surface area contributed by atoms with E-state index >= 15 is 0 Å². The van der Waals surface area contributed by atoms with Crippen molar-refractivity contribution in [3.63, 3.8) is 0 Å². The highest BCUT2D eigenvalue weighted by Crippen LogP contribution is 2.34. The average molecular weight is 291 g/mol. The third-order valence-corrected chi connectivity index (χ3v) is 3.79. The first-order chi connectivity index (χ1) is 9.94. The molecule has 1 heterocycles. The lowest BCUT2D eigenvalue weighted by molar-refractivity contribution is -0.122. The van der Waals surface area contributed by atoms with Crippen LogP contribution < -0.4 is 5.32 Å². The lowest BCUT2D eigenvalue weighted by Crippen LogP contribution is -2.42. The van der Waals surface area contributed by atoms with Crippen molar-refractivity contribution in [3.05, 3.63) is 29.8 Å². The molecule has 0 unspecified atom stereocenters. The van der Waals surface area contributed by atoms with Crippen molar-refractivity contribution in [3.8, 4) is 5.75 Å². The first-order valence-electron chi connectivity index (χ1n) is 7.65. The topological polar surface area (TPSA) is 58.6 Å². The summed E-state index contributed by atoms with van der Waals surface area (Å²) in [5.41, 5.74) is 0.971. The van der Waals surface area contributed by atoms with Crippen LogP contribution in [-0.2, 0) is 9.53 Å². The number of hydrogen-bond acceptors (Lipinski definition) is 3. The minimum absolute atomic E-state index is 0.000133. The van der Waals surface area contributed by atoms with Crippen LogP contribution in [0.15, 0.2) is 24.3 Å². The Labute approximate surface area is 126 Å². The van der Waals surface area contributed by atoms with Crippen LogP contribution in [0.3, 0.4) is 0 Å². The molecule has 0 bridgehead atoms. The zero-order chi connectivity index (χ0) is 15.4. The van der Waals surface area contributed by atoms with Crippen LogP contribution >= 0.6 is 0 Å². The molecule has 1 aliphatic rings. The van der Waals surface area contributed by atoms with Crippen molar-refractivity contribution in [2.75, 3.05) is 0 Å². The molecule has 0 radical (unpaired) electrons. The van der Waals surface area contributed by atoms with Gasteiger partial charge in [0.15, 0.2) is 0 Å². The largest absolute Gasteiger partial charge is 0.508 e. The van der Waals surface area contributed by atoms with E-state index < -0.39 is 0 Å². The van der Waals surface area contributed by atoms with Gasteiger partial charge in [0.1, 0.15) is 5.75 Å². The molecule has 4 nitrogen and oxygen atoms in total. The Balaban J connectivity index is 2.13. The third kappa shape index (κ3) is 4.74. The summed E-state index contributed by atoms with van der Waals surface area (Å²) in [6.45, 7) is 5.90. The van der Waals surface area contributed by atoms with Gasteiger partial charge in [-0.3, -0.25) is 4.79 Å². The van der Waals surface area contributed by atoms with Gasteiger partial charge in [-0.2, -0.15) is 0 Å². The monoisotopic (exact) mass is 291 g/mol. The number of phenolic OH excluding ortho intramolecular Hbond substituents is 1. The molecule has 0 saturated carbocycles. The molecule has 0 spiro atoms. The molecule has 1 saturated heterocycles. The zero-order valence-electron chi connectivity index (χ0n) is 13.0. The second-order valence-corrected chi connectivity index (χ2v) is 6.34. The Kier molecular flexibility index (Phi) is 5.23. The van der Waals surface area contributed by atoms with E-state index in [0.717, 1.165) is 24.8 Å². The van der Waals surface area contributed by atoms with Crippen molar-refractivity contribution in [1.82, 2.24) is 5.32 Å². The van der Waals surface area contributed by atoms with Crippen LogP contribution in [-0.4, -0.2) is 23.2 Å². The van der Waals surface area contributed by atoms with E-state index in [1.807, 2.05) is 12.1 Å². The van der Waals surface area contributed by atoms with Gasteiger partial charge in [0.2, 0.25) is 5.91 Å². The molecule has 116 valence electrons.